The molecule has 8 heteroatoms. The van der Waals surface area contributed by atoms with Crippen molar-refractivity contribution in [1.29, 1.82) is 0 Å². The van der Waals surface area contributed by atoms with E-state index in [1.807, 2.05) is 18.2 Å². The number of benzene rings is 1. The van der Waals surface area contributed by atoms with Gasteiger partial charge in [-0.25, -0.2) is 4.98 Å². The van der Waals surface area contributed by atoms with Crippen molar-refractivity contribution in [1.82, 2.24) is 14.5 Å². The smallest absolute Gasteiger partial charge is 0.300 e. The molecule has 0 N–H and O–H groups in total. The third kappa shape index (κ3) is 4.63. The highest BCUT2D eigenvalue weighted by molar-refractivity contribution is 7.21. The number of aryl methyl sites for hydroxylation is 1. The van der Waals surface area contributed by atoms with Crippen molar-refractivity contribution in [3.05, 3.63) is 46.2 Å². The van der Waals surface area contributed by atoms with Crippen LogP contribution in [0.1, 0.15) is 44.6 Å². The van der Waals surface area contributed by atoms with Crippen molar-refractivity contribution >= 4 is 32.6 Å². The normalized spacial score (nSPS) is 16.2. The molecule has 3 aromatic rings. The van der Waals surface area contributed by atoms with Gasteiger partial charge in [0.15, 0.2) is 21.3 Å². The SMILES string of the molecule is CCCCOc1nc2sc(N3CCC[C@@H]3C(=O)CCc3ccccc3)nc2c(=O)n1C. The summed E-state index contributed by atoms with van der Waals surface area (Å²) in [5.41, 5.74) is 1.29. The van der Waals surface area contributed by atoms with Crippen LogP contribution in [0.4, 0.5) is 5.13 Å². The van der Waals surface area contributed by atoms with Crippen molar-refractivity contribution in [3.63, 3.8) is 0 Å². The van der Waals surface area contributed by atoms with E-state index in [0.29, 0.717) is 34.5 Å². The first kappa shape index (κ1) is 21.5. The van der Waals surface area contributed by atoms with Crippen LogP contribution >= 0.6 is 11.3 Å². The first-order chi connectivity index (χ1) is 15.1. The molecule has 4 rings (SSSR count). The lowest BCUT2D eigenvalue weighted by molar-refractivity contribution is -0.120. The summed E-state index contributed by atoms with van der Waals surface area (Å²) in [5.74, 6) is 0.227. The van der Waals surface area contributed by atoms with Gasteiger partial charge in [-0.15, -0.1) is 0 Å². The lowest BCUT2D eigenvalue weighted by Gasteiger charge is -2.22. The Hall–Kier alpha value is -2.74. The van der Waals surface area contributed by atoms with Crippen LogP contribution in [0.3, 0.4) is 0 Å². The Morgan fingerprint density at radius 1 is 1.26 bits per heavy atom. The van der Waals surface area contributed by atoms with Crippen molar-refractivity contribution in [3.8, 4) is 6.01 Å². The van der Waals surface area contributed by atoms with E-state index in [2.05, 4.69) is 33.9 Å². The predicted molar refractivity (Wildman–Crippen MR) is 123 cm³/mol. The number of ketones is 1. The van der Waals surface area contributed by atoms with E-state index >= 15 is 0 Å². The number of thiazole rings is 1. The highest BCUT2D eigenvalue weighted by atomic mass is 32.1. The second-order valence-corrected chi connectivity index (χ2v) is 8.87. The van der Waals surface area contributed by atoms with Gasteiger partial charge in [0.25, 0.3) is 11.6 Å². The van der Waals surface area contributed by atoms with Crippen LogP contribution in [-0.4, -0.2) is 39.5 Å². The number of hydrogen-bond acceptors (Lipinski definition) is 7. The van der Waals surface area contributed by atoms with Gasteiger partial charge >= 0.3 is 0 Å². The molecule has 1 aromatic carbocycles. The Morgan fingerprint density at radius 3 is 2.84 bits per heavy atom. The van der Waals surface area contributed by atoms with Crippen molar-refractivity contribution in [2.24, 2.45) is 7.05 Å². The Kier molecular flexibility index (Phi) is 6.65. The van der Waals surface area contributed by atoms with E-state index in [4.69, 9.17) is 4.74 Å². The summed E-state index contributed by atoms with van der Waals surface area (Å²) in [5, 5.41) is 0.695. The maximum atomic E-state index is 13.0. The molecule has 0 aliphatic carbocycles. The molecule has 0 unspecified atom stereocenters. The first-order valence-corrected chi connectivity index (χ1v) is 11.7. The van der Waals surface area contributed by atoms with Gasteiger partial charge in [-0.2, -0.15) is 4.98 Å². The van der Waals surface area contributed by atoms with E-state index in [1.54, 1.807) is 7.05 Å². The third-order valence-electron chi connectivity index (χ3n) is 5.69. The summed E-state index contributed by atoms with van der Waals surface area (Å²) >= 11 is 1.36. The molecule has 0 spiro atoms. The number of carbonyl (C=O) groups excluding carboxylic acids is 1. The van der Waals surface area contributed by atoms with Gasteiger partial charge in [-0.3, -0.25) is 14.2 Å². The number of nitrogens with zero attached hydrogens (tertiary/aromatic N) is 4. The fraction of sp³-hybridized carbons (Fsp3) is 0.478. The molecule has 3 heterocycles. The topological polar surface area (TPSA) is 77.3 Å². The molecule has 31 heavy (non-hydrogen) atoms. The molecule has 1 aliphatic heterocycles. The zero-order chi connectivity index (χ0) is 21.8. The molecule has 0 bridgehead atoms. The van der Waals surface area contributed by atoms with Gasteiger partial charge in [0.05, 0.1) is 12.6 Å². The number of unbranched alkanes of at least 4 members (excludes halogenated alkanes) is 1. The van der Waals surface area contributed by atoms with Crippen LogP contribution < -0.4 is 15.2 Å². The van der Waals surface area contributed by atoms with Gasteiger partial charge in [0.2, 0.25) is 0 Å². The summed E-state index contributed by atoms with van der Waals surface area (Å²) in [7, 11) is 1.65. The molecule has 0 saturated carbocycles. The standard InChI is InChI=1S/C23H28N4O3S/c1-3-4-15-30-22-25-20-19(21(29)26(22)2)24-23(31-20)27-14-8-11-17(27)18(28)13-12-16-9-6-5-7-10-16/h5-7,9-10,17H,3-4,8,11-15H2,1-2H3/t17-/m1/s1. The molecule has 1 atom stereocenters. The number of carbonyl (C=O) groups is 1. The summed E-state index contributed by atoms with van der Waals surface area (Å²) in [4.78, 5) is 37.5. The number of rotatable bonds is 9. The zero-order valence-corrected chi connectivity index (χ0v) is 18.9. The average molecular weight is 441 g/mol. The quantitative estimate of drug-likeness (QED) is 0.472. The number of hydrogen-bond donors (Lipinski definition) is 0. The van der Waals surface area contributed by atoms with Crippen molar-refractivity contribution in [2.45, 2.75) is 51.5 Å². The van der Waals surface area contributed by atoms with E-state index in [0.717, 1.165) is 38.6 Å². The number of ether oxygens (including phenoxy) is 1. The molecule has 0 amide bonds. The van der Waals surface area contributed by atoms with E-state index < -0.39 is 0 Å². The Bertz CT molecular complexity index is 1110. The van der Waals surface area contributed by atoms with Gasteiger partial charge in [0.1, 0.15) is 0 Å². The van der Waals surface area contributed by atoms with Crippen LogP contribution in [0.5, 0.6) is 6.01 Å². The average Bonchev–Trinajstić information content (AvgIpc) is 3.43. The van der Waals surface area contributed by atoms with Gasteiger partial charge in [-0.05, 0) is 31.2 Å². The fourth-order valence-electron chi connectivity index (χ4n) is 3.89. The molecule has 2 aromatic heterocycles. The summed E-state index contributed by atoms with van der Waals surface area (Å²) in [6.45, 7) is 3.38. The number of fused-ring (bicyclic) bond motifs is 1. The zero-order valence-electron chi connectivity index (χ0n) is 18.0. The minimum Gasteiger partial charge on any atom is -0.465 e. The van der Waals surface area contributed by atoms with Crippen LogP contribution in [-0.2, 0) is 18.3 Å². The molecule has 1 fully saturated rings. The lowest BCUT2D eigenvalue weighted by atomic mass is 10.0. The van der Waals surface area contributed by atoms with Crippen molar-refractivity contribution in [2.75, 3.05) is 18.1 Å². The van der Waals surface area contributed by atoms with Crippen LogP contribution in [0.15, 0.2) is 35.1 Å². The minimum atomic E-state index is -0.217. The van der Waals surface area contributed by atoms with Gasteiger partial charge < -0.3 is 9.64 Å². The van der Waals surface area contributed by atoms with Crippen LogP contribution in [0.25, 0.3) is 10.3 Å². The van der Waals surface area contributed by atoms with Crippen LogP contribution in [0.2, 0.25) is 0 Å². The maximum absolute atomic E-state index is 13.0. The Morgan fingerprint density at radius 2 is 2.06 bits per heavy atom. The number of aromatic nitrogens is 3. The third-order valence-corrected chi connectivity index (χ3v) is 6.68. The first-order valence-electron chi connectivity index (χ1n) is 10.9. The molecular weight excluding hydrogens is 412 g/mol. The van der Waals surface area contributed by atoms with E-state index in [-0.39, 0.29) is 17.4 Å². The Labute approximate surface area is 185 Å². The highest BCUT2D eigenvalue weighted by Gasteiger charge is 2.32. The predicted octanol–water partition coefficient (Wildman–Crippen LogP) is 3.74. The summed E-state index contributed by atoms with van der Waals surface area (Å²) in [6, 6.07) is 10.2. The van der Waals surface area contributed by atoms with E-state index in [9.17, 15) is 9.59 Å². The Balaban J connectivity index is 1.53. The molecule has 164 valence electrons. The fourth-order valence-corrected chi connectivity index (χ4v) is 4.89. The monoisotopic (exact) mass is 440 g/mol. The minimum absolute atomic E-state index is 0.187. The summed E-state index contributed by atoms with van der Waals surface area (Å²) in [6.07, 6.45) is 4.92. The lowest BCUT2D eigenvalue weighted by Crippen LogP contribution is -2.36. The second-order valence-electron chi connectivity index (χ2n) is 7.91. The number of anilines is 1. The highest BCUT2D eigenvalue weighted by Crippen LogP contribution is 2.33. The molecule has 1 aliphatic rings. The molecule has 1 saturated heterocycles. The largest absolute Gasteiger partial charge is 0.465 e. The molecule has 0 radical (unpaired) electrons. The molecular formula is C23H28N4O3S. The maximum Gasteiger partial charge on any atom is 0.300 e. The number of Topliss-reactive ketones (excluding diaryl/α,β-unsaturated/α-hetero) is 1. The van der Waals surface area contributed by atoms with Gasteiger partial charge in [-0.1, -0.05) is 55.0 Å². The second kappa shape index (κ2) is 9.60. The summed E-state index contributed by atoms with van der Waals surface area (Å²) < 4.78 is 7.11. The van der Waals surface area contributed by atoms with E-state index in [1.165, 1.54) is 21.5 Å². The van der Waals surface area contributed by atoms with Crippen LogP contribution in [0, 0.1) is 0 Å². The van der Waals surface area contributed by atoms with Gasteiger partial charge in [0, 0.05) is 20.0 Å². The van der Waals surface area contributed by atoms with Crippen molar-refractivity contribution < 1.29 is 9.53 Å². The molecule has 7 nitrogen and oxygen atoms in total.